The van der Waals surface area contributed by atoms with E-state index >= 15 is 0 Å². The third kappa shape index (κ3) is 3.23. The number of hydrogen-bond acceptors (Lipinski definition) is 6. The lowest BCUT2D eigenvalue weighted by Crippen LogP contribution is -2.31. The van der Waals surface area contributed by atoms with E-state index in [9.17, 15) is 14.7 Å². The summed E-state index contributed by atoms with van der Waals surface area (Å²) < 4.78 is 0.988. The van der Waals surface area contributed by atoms with Crippen molar-refractivity contribution in [2.24, 2.45) is 5.10 Å². The van der Waals surface area contributed by atoms with Gasteiger partial charge in [0, 0.05) is 0 Å². The summed E-state index contributed by atoms with van der Waals surface area (Å²) in [6.07, 6.45) is 1.09. The summed E-state index contributed by atoms with van der Waals surface area (Å²) in [4.78, 5) is 25.9. The van der Waals surface area contributed by atoms with Crippen LogP contribution >= 0.6 is 0 Å². The third-order valence-corrected chi connectivity index (χ3v) is 2.89. The lowest BCUT2D eigenvalue weighted by atomic mass is 10.2. The van der Waals surface area contributed by atoms with Crippen LogP contribution in [0.4, 0.5) is 0 Å². The molecular formula is C14H16N4O4. The van der Waals surface area contributed by atoms with Crippen LogP contribution in [-0.4, -0.2) is 39.1 Å². The molecule has 0 aliphatic carbocycles. The lowest BCUT2D eigenvalue weighted by molar-refractivity contribution is 0.294. The summed E-state index contributed by atoms with van der Waals surface area (Å²) in [5.41, 5.74) is 2.16. The van der Waals surface area contributed by atoms with Gasteiger partial charge in [0.1, 0.15) is 5.56 Å². The van der Waals surface area contributed by atoms with Gasteiger partial charge in [-0.15, -0.1) is 0 Å². The fourth-order valence-corrected chi connectivity index (χ4v) is 1.89. The highest BCUT2D eigenvalue weighted by Gasteiger charge is 2.14. The van der Waals surface area contributed by atoms with Crippen molar-refractivity contribution in [3.8, 4) is 11.6 Å². The second-order valence-electron chi connectivity index (χ2n) is 4.56. The Hall–Kier alpha value is -2.87. The standard InChI is InChI=1S/C14H16N4O4/c1-9-3-2-4-10(7-9)18-13(21)11(8-16-15-5-6-19)12(20)17-14(18)22/h2-4,7-8,15,19,21H,5-6H2,1H3,(H,17,20,22). The Morgan fingerprint density at radius 2 is 2.18 bits per heavy atom. The van der Waals surface area contributed by atoms with Gasteiger partial charge in [-0.25, -0.2) is 9.36 Å². The van der Waals surface area contributed by atoms with E-state index in [0.29, 0.717) is 5.69 Å². The molecule has 0 aliphatic heterocycles. The molecule has 1 heterocycles. The average Bonchev–Trinajstić information content (AvgIpc) is 2.46. The van der Waals surface area contributed by atoms with Crippen molar-refractivity contribution in [1.82, 2.24) is 15.0 Å². The minimum Gasteiger partial charge on any atom is -0.493 e. The van der Waals surface area contributed by atoms with Crippen molar-refractivity contribution in [2.75, 3.05) is 13.2 Å². The van der Waals surface area contributed by atoms with Gasteiger partial charge in [-0.05, 0) is 24.6 Å². The number of aliphatic hydroxyl groups excluding tert-OH is 1. The SMILES string of the molecule is Cc1cccc(-n2c(O)c(C=NNCCO)c(=O)[nH]c2=O)c1. The molecule has 8 nitrogen and oxygen atoms in total. The predicted octanol–water partition coefficient (Wildman–Crippen LogP) is -0.544. The van der Waals surface area contributed by atoms with Gasteiger partial charge in [0.2, 0.25) is 5.88 Å². The Kier molecular flexibility index (Phi) is 4.74. The maximum Gasteiger partial charge on any atom is 0.335 e. The molecule has 2 rings (SSSR count). The number of aromatic hydroxyl groups is 1. The number of nitrogens with one attached hydrogen (secondary N) is 2. The first-order valence-electron chi connectivity index (χ1n) is 6.56. The molecule has 22 heavy (non-hydrogen) atoms. The first-order chi connectivity index (χ1) is 10.5. The Labute approximate surface area is 125 Å². The van der Waals surface area contributed by atoms with Crippen molar-refractivity contribution < 1.29 is 10.2 Å². The van der Waals surface area contributed by atoms with Crippen molar-refractivity contribution >= 4 is 6.21 Å². The Bertz CT molecular complexity index is 807. The molecule has 0 aliphatic rings. The molecule has 0 saturated heterocycles. The number of H-pyrrole nitrogens is 1. The number of hydrazone groups is 1. The highest BCUT2D eigenvalue weighted by Crippen LogP contribution is 2.16. The first kappa shape index (κ1) is 15.5. The zero-order valence-corrected chi connectivity index (χ0v) is 11.9. The van der Waals surface area contributed by atoms with E-state index in [1.165, 1.54) is 0 Å². The average molecular weight is 304 g/mol. The van der Waals surface area contributed by atoms with Crippen LogP contribution in [0, 0.1) is 6.92 Å². The first-order valence-corrected chi connectivity index (χ1v) is 6.56. The van der Waals surface area contributed by atoms with Crippen molar-refractivity contribution in [3.63, 3.8) is 0 Å². The summed E-state index contributed by atoms with van der Waals surface area (Å²) in [5.74, 6) is -0.506. The minimum absolute atomic E-state index is 0.123. The van der Waals surface area contributed by atoms with E-state index in [0.717, 1.165) is 16.3 Å². The Morgan fingerprint density at radius 1 is 1.41 bits per heavy atom. The van der Waals surface area contributed by atoms with Crippen molar-refractivity contribution in [3.05, 3.63) is 56.2 Å². The molecule has 0 amide bonds. The second kappa shape index (κ2) is 6.72. The van der Waals surface area contributed by atoms with Gasteiger partial charge in [0.15, 0.2) is 0 Å². The molecule has 0 radical (unpaired) electrons. The molecule has 116 valence electrons. The summed E-state index contributed by atoms with van der Waals surface area (Å²) in [5, 5.41) is 22.6. The molecule has 0 atom stereocenters. The van der Waals surface area contributed by atoms with Crippen LogP contribution in [0.1, 0.15) is 11.1 Å². The predicted molar refractivity (Wildman–Crippen MR) is 81.7 cm³/mol. The number of aromatic nitrogens is 2. The molecule has 1 aromatic carbocycles. The summed E-state index contributed by atoms with van der Waals surface area (Å²) in [7, 11) is 0. The van der Waals surface area contributed by atoms with Crippen LogP contribution in [0.2, 0.25) is 0 Å². The van der Waals surface area contributed by atoms with Crippen molar-refractivity contribution in [1.29, 1.82) is 0 Å². The van der Waals surface area contributed by atoms with Gasteiger partial charge >= 0.3 is 5.69 Å². The monoisotopic (exact) mass is 304 g/mol. The molecule has 0 unspecified atom stereocenters. The number of aliphatic hydroxyl groups is 1. The lowest BCUT2D eigenvalue weighted by Gasteiger charge is -2.10. The molecule has 1 aromatic heterocycles. The number of benzene rings is 1. The number of hydrogen-bond donors (Lipinski definition) is 4. The largest absolute Gasteiger partial charge is 0.493 e. The summed E-state index contributed by atoms with van der Waals surface area (Å²) in [6, 6.07) is 6.92. The fraction of sp³-hybridized carbons (Fsp3) is 0.214. The quantitative estimate of drug-likeness (QED) is 0.336. The normalized spacial score (nSPS) is 11.0. The van der Waals surface area contributed by atoms with Crippen LogP contribution in [0.5, 0.6) is 5.88 Å². The zero-order valence-electron chi connectivity index (χ0n) is 11.9. The van der Waals surface area contributed by atoms with Gasteiger partial charge in [0.05, 0.1) is 25.1 Å². The van der Waals surface area contributed by atoms with Crippen LogP contribution in [0.3, 0.4) is 0 Å². The van der Waals surface area contributed by atoms with Gasteiger partial charge in [0.25, 0.3) is 5.56 Å². The van der Waals surface area contributed by atoms with Gasteiger partial charge in [-0.2, -0.15) is 5.10 Å². The van der Waals surface area contributed by atoms with E-state index in [1.807, 2.05) is 13.0 Å². The van der Waals surface area contributed by atoms with Gasteiger partial charge < -0.3 is 15.6 Å². The highest BCUT2D eigenvalue weighted by molar-refractivity contribution is 5.82. The molecular weight excluding hydrogens is 288 g/mol. The Balaban J connectivity index is 2.54. The van der Waals surface area contributed by atoms with E-state index in [2.05, 4.69) is 15.5 Å². The minimum atomic E-state index is -0.749. The third-order valence-electron chi connectivity index (χ3n) is 2.89. The van der Waals surface area contributed by atoms with Crippen molar-refractivity contribution in [2.45, 2.75) is 6.92 Å². The van der Waals surface area contributed by atoms with E-state index in [1.54, 1.807) is 18.2 Å². The molecule has 0 fully saturated rings. The van der Waals surface area contributed by atoms with Crippen LogP contribution < -0.4 is 16.7 Å². The zero-order chi connectivity index (χ0) is 16.1. The smallest absolute Gasteiger partial charge is 0.335 e. The van der Waals surface area contributed by atoms with Crippen LogP contribution in [-0.2, 0) is 0 Å². The summed E-state index contributed by atoms with van der Waals surface area (Å²) in [6.45, 7) is 1.92. The van der Waals surface area contributed by atoms with E-state index < -0.39 is 17.1 Å². The van der Waals surface area contributed by atoms with E-state index in [4.69, 9.17) is 5.11 Å². The summed E-state index contributed by atoms with van der Waals surface area (Å²) >= 11 is 0. The maximum atomic E-state index is 12.0. The highest BCUT2D eigenvalue weighted by atomic mass is 16.3. The number of rotatable bonds is 5. The number of aromatic amines is 1. The van der Waals surface area contributed by atoms with Gasteiger partial charge in [-0.1, -0.05) is 12.1 Å². The number of aryl methyl sites for hydroxylation is 1. The second-order valence-corrected chi connectivity index (χ2v) is 4.56. The van der Waals surface area contributed by atoms with Crippen LogP contribution in [0.25, 0.3) is 5.69 Å². The molecule has 0 saturated carbocycles. The molecule has 0 bridgehead atoms. The maximum absolute atomic E-state index is 12.0. The fourth-order valence-electron chi connectivity index (χ4n) is 1.89. The molecule has 8 heteroatoms. The topological polar surface area (TPSA) is 120 Å². The molecule has 2 aromatic rings. The Morgan fingerprint density at radius 3 is 2.86 bits per heavy atom. The number of nitrogens with zero attached hydrogens (tertiary/aromatic N) is 2. The van der Waals surface area contributed by atoms with Gasteiger partial charge in [-0.3, -0.25) is 9.78 Å². The molecule has 4 N–H and O–H groups in total. The molecule has 0 spiro atoms. The van der Waals surface area contributed by atoms with Crippen LogP contribution in [0.15, 0.2) is 39.0 Å². The van der Waals surface area contributed by atoms with E-state index in [-0.39, 0.29) is 18.7 Å².